The number of anilines is 1. The summed E-state index contributed by atoms with van der Waals surface area (Å²) in [6.07, 6.45) is 5.13. The lowest BCUT2D eigenvalue weighted by Gasteiger charge is -2.18. The van der Waals surface area contributed by atoms with Gasteiger partial charge in [0.1, 0.15) is 11.8 Å². The quantitative estimate of drug-likeness (QED) is 0.795. The van der Waals surface area contributed by atoms with E-state index in [1.807, 2.05) is 4.57 Å². The third-order valence-corrected chi connectivity index (χ3v) is 3.64. The fourth-order valence-electron chi connectivity index (χ4n) is 2.59. The van der Waals surface area contributed by atoms with Crippen molar-refractivity contribution in [3.05, 3.63) is 12.7 Å². The van der Waals surface area contributed by atoms with Gasteiger partial charge in [0.2, 0.25) is 5.91 Å². The van der Waals surface area contributed by atoms with E-state index in [-0.39, 0.29) is 5.91 Å². The summed E-state index contributed by atoms with van der Waals surface area (Å²) in [6, 6.07) is 0. The number of rotatable bonds is 4. The first-order valence-corrected chi connectivity index (χ1v) is 7.14. The Hall–Kier alpha value is -2.22. The molecule has 8 nitrogen and oxygen atoms in total. The Bertz CT molecular complexity index is 638. The molecule has 8 heteroatoms. The minimum atomic E-state index is 0.112. The smallest absolute Gasteiger partial charge is 0.234 e. The maximum absolute atomic E-state index is 11.5. The van der Waals surface area contributed by atoms with E-state index in [9.17, 15) is 4.79 Å². The minimum Gasteiger partial charge on any atom is -0.382 e. The van der Waals surface area contributed by atoms with Gasteiger partial charge >= 0.3 is 0 Å². The molecule has 0 atom stereocenters. The minimum absolute atomic E-state index is 0.112. The Balaban J connectivity index is 1.59. The molecule has 0 aliphatic carbocycles. The molecule has 112 valence electrons. The summed E-state index contributed by atoms with van der Waals surface area (Å²) in [6.45, 7) is 3.90. The highest BCUT2D eigenvalue weighted by Gasteiger charge is 2.14. The lowest BCUT2D eigenvalue weighted by atomic mass is 10.3. The second kappa shape index (κ2) is 6.04. The Morgan fingerprint density at radius 2 is 2.19 bits per heavy atom. The highest BCUT2D eigenvalue weighted by Crippen LogP contribution is 2.14. The molecule has 2 aromatic rings. The molecule has 1 aliphatic heterocycles. The van der Waals surface area contributed by atoms with Gasteiger partial charge in [-0.2, -0.15) is 0 Å². The number of aryl methyl sites for hydroxylation is 1. The molecule has 2 aromatic heterocycles. The molecule has 1 aliphatic rings. The van der Waals surface area contributed by atoms with Crippen LogP contribution in [0, 0.1) is 0 Å². The van der Waals surface area contributed by atoms with Crippen LogP contribution in [0.3, 0.4) is 0 Å². The molecule has 1 fully saturated rings. The van der Waals surface area contributed by atoms with Crippen molar-refractivity contribution >= 4 is 22.9 Å². The molecule has 0 spiro atoms. The molecule has 1 saturated heterocycles. The lowest BCUT2D eigenvalue weighted by molar-refractivity contribution is -0.121. The van der Waals surface area contributed by atoms with Crippen LogP contribution in [0.5, 0.6) is 0 Å². The molecule has 3 heterocycles. The summed E-state index contributed by atoms with van der Waals surface area (Å²) in [5.74, 6) is 0.518. The lowest BCUT2D eigenvalue weighted by Crippen LogP contribution is -2.34. The maximum Gasteiger partial charge on any atom is 0.234 e. The molecule has 0 unspecified atom stereocenters. The van der Waals surface area contributed by atoms with E-state index in [1.165, 1.54) is 6.33 Å². The van der Waals surface area contributed by atoms with E-state index >= 15 is 0 Å². The van der Waals surface area contributed by atoms with Crippen molar-refractivity contribution in [2.45, 2.75) is 19.4 Å². The number of fused-ring (bicyclic) bond motifs is 1. The third kappa shape index (κ3) is 3.10. The maximum atomic E-state index is 11.5. The second-order valence-corrected chi connectivity index (χ2v) is 5.20. The van der Waals surface area contributed by atoms with Crippen molar-refractivity contribution in [1.29, 1.82) is 0 Å². The standard InChI is InChI=1S/C13H19N7O/c14-12-11-13(17-8-16-12)20(9-18-11)6-2-5-19-4-1-3-15-10(21)7-19/h8-9H,1-7H2,(H,15,21)(H2,14,16,17). The van der Waals surface area contributed by atoms with Crippen LogP contribution in [0.1, 0.15) is 12.8 Å². The molecule has 21 heavy (non-hydrogen) atoms. The molecule has 0 aromatic carbocycles. The first-order chi connectivity index (χ1) is 10.2. The zero-order valence-corrected chi connectivity index (χ0v) is 11.8. The zero-order chi connectivity index (χ0) is 14.7. The Kier molecular flexibility index (Phi) is 3.96. The van der Waals surface area contributed by atoms with E-state index in [1.54, 1.807) is 6.33 Å². The molecular weight excluding hydrogens is 270 g/mol. The van der Waals surface area contributed by atoms with E-state index in [0.29, 0.717) is 17.9 Å². The Morgan fingerprint density at radius 3 is 3.10 bits per heavy atom. The summed E-state index contributed by atoms with van der Waals surface area (Å²) in [5.41, 5.74) is 7.17. The molecule has 0 radical (unpaired) electrons. The number of nitrogens with zero attached hydrogens (tertiary/aromatic N) is 5. The Labute approximate surface area is 122 Å². The van der Waals surface area contributed by atoms with Gasteiger partial charge in [0.25, 0.3) is 0 Å². The summed E-state index contributed by atoms with van der Waals surface area (Å²) < 4.78 is 1.98. The molecule has 3 N–H and O–H groups in total. The van der Waals surface area contributed by atoms with Crippen molar-refractivity contribution < 1.29 is 4.79 Å². The van der Waals surface area contributed by atoms with Crippen LogP contribution < -0.4 is 11.1 Å². The predicted octanol–water partition coefficient (Wildman–Crippen LogP) is -0.380. The molecule has 0 saturated carbocycles. The number of aromatic nitrogens is 4. The van der Waals surface area contributed by atoms with Crippen LogP contribution in [0.4, 0.5) is 5.82 Å². The first-order valence-electron chi connectivity index (χ1n) is 7.14. The SMILES string of the molecule is Nc1ncnc2c1ncn2CCCN1CCCNC(=O)C1. The van der Waals surface area contributed by atoms with Gasteiger partial charge in [0.05, 0.1) is 12.9 Å². The fourth-order valence-corrected chi connectivity index (χ4v) is 2.59. The molecule has 0 bridgehead atoms. The zero-order valence-electron chi connectivity index (χ0n) is 11.8. The van der Waals surface area contributed by atoms with Crippen LogP contribution in [-0.4, -0.2) is 56.5 Å². The van der Waals surface area contributed by atoms with Crippen LogP contribution in [0.15, 0.2) is 12.7 Å². The average Bonchev–Trinajstić information content (AvgIpc) is 2.76. The van der Waals surface area contributed by atoms with Crippen molar-refractivity contribution in [1.82, 2.24) is 29.7 Å². The number of imidazole rings is 1. The highest BCUT2D eigenvalue weighted by molar-refractivity contribution is 5.81. The van der Waals surface area contributed by atoms with Crippen molar-refractivity contribution in [3.63, 3.8) is 0 Å². The van der Waals surface area contributed by atoms with Crippen LogP contribution in [-0.2, 0) is 11.3 Å². The van der Waals surface area contributed by atoms with Gasteiger partial charge in [-0.05, 0) is 12.8 Å². The van der Waals surface area contributed by atoms with Gasteiger partial charge in [0, 0.05) is 26.2 Å². The monoisotopic (exact) mass is 289 g/mol. The van der Waals surface area contributed by atoms with Crippen LogP contribution in [0.2, 0.25) is 0 Å². The van der Waals surface area contributed by atoms with E-state index in [4.69, 9.17) is 5.73 Å². The fraction of sp³-hybridized carbons (Fsp3) is 0.538. The molecular formula is C13H19N7O. The van der Waals surface area contributed by atoms with E-state index in [0.717, 1.165) is 44.7 Å². The van der Waals surface area contributed by atoms with Crippen molar-refractivity contribution in [2.24, 2.45) is 0 Å². The number of hydrogen-bond acceptors (Lipinski definition) is 6. The summed E-state index contributed by atoms with van der Waals surface area (Å²) in [7, 11) is 0. The van der Waals surface area contributed by atoms with Gasteiger partial charge in [0.15, 0.2) is 11.5 Å². The first kappa shape index (κ1) is 13.7. The van der Waals surface area contributed by atoms with Gasteiger partial charge in [-0.1, -0.05) is 0 Å². The van der Waals surface area contributed by atoms with Crippen molar-refractivity contribution in [2.75, 3.05) is 31.9 Å². The number of carbonyl (C=O) groups is 1. The number of nitrogens with two attached hydrogens (primary N) is 1. The summed E-state index contributed by atoms with van der Waals surface area (Å²) in [4.78, 5) is 26.1. The second-order valence-electron chi connectivity index (χ2n) is 5.20. The number of carbonyl (C=O) groups excluding carboxylic acids is 1. The summed E-state index contributed by atoms with van der Waals surface area (Å²) in [5, 5.41) is 2.88. The topological polar surface area (TPSA) is 102 Å². The molecule has 3 rings (SSSR count). The van der Waals surface area contributed by atoms with Crippen LogP contribution >= 0.6 is 0 Å². The largest absolute Gasteiger partial charge is 0.382 e. The normalized spacial score (nSPS) is 16.9. The van der Waals surface area contributed by atoms with Crippen LogP contribution in [0.25, 0.3) is 11.2 Å². The third-order valence-electron chi connectivity index (χ3n) is 3.64. The Morgan fingerprint density at radius 1 is 1.29 bits per heavy atom. The van der Waals surface area contributed by atoms with Crippen molar-refractivity contribution in [3.8, 4) is 0 Å². The number of hydrogen-bond donors (Lipinski definition) is 2. The summed E-state index contributed by atoms with van der Waals surface area (Å²) >= 11 is 0. The molecule has 1 amide bonds. The van der Waals surface area contributed by atoms with E-state index < -0.39 is 0 Å². The number of nitrogen functional groups attached to an aromatic ring is 1. The number of amides is 1. The predicted molar refractivity (Wildman–Crippen MR) is 78.4 cm³/mol. The van der Waals surface area contributed by atoms with Gasteiger partial charge in [-0.3, -0.25) is 9.69 Å². The van der Waals surface area contributed by atoms with Gasteiger partial charge in [-0.15, -0.1) is 0 Å². The van der Waals surface area contributed by atoms with Gasteiger partial charge in [-0.25, -0.2) is 15.0 Å². The highest BCUT2D eigenvalue weighted by atomic mass is 16.2. The van der Waals surface area contributed by atoms with Gasteiger partial charge < -0.3 is 15.6 Å². The number of nitrogens with one attached hydrogen (secondary N) is 1. The average molecular weight is 289 g/mol. The van der Waals surface area contributed by atoms with E-state index in [2.05, 4.69) is 25.2 Å².